The van der Waals surface area contributed by atoms with E-state index in [9.17, 15) is 8.42 Å². The van der Waals surface area contributed by atoms with E-state index >= 15 is 0 Å². The van der Waals surface area contributed by atoms with Crippen LogP contribution in [0, 0.1) is 13.8 Å². The first-order chi connectivity index (χ1) is 13.4. The second kappa shape index (κ2) is 7.32. The van der Waals surface area contributed by atoms with Crippen LogP contribution in [0.15, 0.2) is 35.3 Å². The summed E-state index contributed by atoms with van der Waals surface area (Å²) in [4.78, 5) is 11.0. The predicted molar refractivity (Wildman–Crippen MR) is 102 cm³/mol. The molecule has 0 bridgehead atoms. The standard InChI is InChI=1S/C17H21N7O3S/c1-13-9-14(2)24(20-13)17-11-18-10-16(19-17)22-4-6-23(7-5-22)28(25,26)12-15-3-8-27-21-15/h3,8-11H,4-7,12H2,1-2H3. The molecule has 3 aromatic heterocycles. The summed E-state index contributed by atoms with van der Waals surface area (Å²) in [7, 11) is -3.43. The van der Waals surface area contributed by atoms with E-state index in [0.717, 1.165) is 11.4 Å². The van der Waals surface area contributed by atoms with Gasteiger partial charge in [-0.15, -0.1) is 0 Å². The summed E-state index contributed by atoms with van der Waals surface area (Å²) < 4.78 is 33.1. The fourth-order valence-corrected chi connectivity index (χ4v) is 4.67. The highest BCUT2D eigenvalue weighted by Crippen LogP contribution is 2.18. The summed E-state index contributed by atoms with van der Waals surface area (Å²) in [5.74, 6) is 1.19. The lowest BCUT2D eigenvalue weighted by atomic mass is 10.3. The SMILES string of the molecule is Cc1cc(C)n(-c2cncc(N3CCN(S(=O)(=O)Cc4ccon4)CC3)n2)n1. The molecule has 1 aliphatic rings. The van der Waals surface area contributed by atoms with Crippen LogP contribution in [0.2, 0.25) is 0 Å². The molecule has 10 nitrogen and oxygen atoms in total. The molecule has 0 aromatic carbocycles. The average Bonchev–Trinajstić information content (AvgIpc) is 3.30. The van der Waals surface area contributed by atoms with E-state index in [4.69, 9.17) is 4.52 Å². The Morgan fingerprint density at radius 1 is 1.11 bits per heavy atom. The molecule has 0 unspecified atom stereocenters. The van der Waals surface area contributed by atoms with Gasteiger partial charge in [-0.3, -0.25) is 4.98 Å². The quantitative estimate of drug-likeness (QED) is 0.618. The average molecular weight is 403 g/mol. The molecular formula is C17H21N7O3S. The molecule has 11 heteroatoms. The lowest BCUT2D eigenvalue weighted by Gasteiger charge is -2.34. The van der Waals surface area contributed by atoms with Crippen LogP contribution >= 0.6 is 0 Å². The molecular weight excluding hydrogens is 382 g/mol. The third kappa shape index (κ3) is 3.76. The van der Waals surface area contributed by atoms with E-state index < -0.39 is 10.0 Å². The molecule has 0 spiro atoms. The minimum absolute atomic E-state index is 0.156. The van der Waals surface area contributed by atoms with Gasteiger partial charge in [0, 0.05) is 37.9 Å². The van der Waals surface area contributed by atoms with E-state index in [2.05, 4.69) is 20.2 Å². The molecule has 0 amide bonds. The summed E-state index contributed by atoms with van der Waals surface area (Å²) in [6, 6.07) is 3.54. The van der Waals surface area contributed by atoms with Crippen molar-refractivity contribution in [3.63, 3.8) is 0 Å². The molecule has 3 aromatic rings. The number of aromatic nitrogens is 5. The van der Waals surface area contributed by atoms with Crippen molar-refractivity contribution in [1.82, 2.24) is 29.2 Å². The Bertz CT molecular complexity index is 1050. The Morgan fingerprint density at radius 2 is 1.86 bits per heavy atom. The Morgan fingerprint density at radius 3 is 2.50 bits per heavy atom. The highest BCUT2D eigenvalue weighted by Gasteiger charge is 2.28. The van der Waals surface area contributed by atoms with Gasteiger partial charge in [-0.25, -0.2) is 18.1 Å². The van der Waals surface area contributed by atoms with Gasteiger partial charge in [0.2, 0.25) is 10.0 Å². The lowest BCUT2D eigenvalue weighted by molar-refractivity contribution is 0.380. The van der Waals surface area contributed by atoms with Gasteiger partial charge in [-0.2, -0.15) is 9.40 Å². The number of piperazine rings is 1. The third-order valence-electron chi connectivity index (χ3n) is 4.61. The molecule has 0 atom stereocenters. The van der Waals surface area contributed by atoms with Gasteiger partial charge >= 0.3 is 0 Å². The van der Waals surface area contributed by atoms with Crippen LogP contribution in [0.25, 0.3) is 5.82 Å². The molecule has 0 radical (unpaired) electrons. The smallest absolute Gasteiger partial charge is 0.220 e. The normalized spacial score (nSPS) is 15.9. The monoisotopic (exact) mass is 403 g/mol. The van der Waals surface area contributed by atoms with E-state index in [1.807, 2.05) is 24.8 Å². The molecule has 0 saturated carbocycles. The molecule has 0 aliphatic carbocycles. The summed E-state index contributed by atoms with van der Waals surface area (Å²) in [5.41, 5.74) is 2.30. The van der Waals surface area contributed by atoms with Gasteiger partial charge in [0.25, 0.3) is 0 Å². The van der Waals surface area contributed by atoms with Crippen LogP contribution < -0.4 is 4.90 Å². The predicted octanol–water partition coefficient (Wildman–Crippen LogP) is 0.919. The molecule has 28 heavy (non-hydrogen) atoms. The summed E-state index contributed by atoms with van der Waals surface area (Å²) >= 11 is 0. The maximum absolute atomic E-state index is 12.6. The van der Waals surface area contributed by atoms with E-state index in [1.165, 1.54) is 10.6 Å². The topological polar surface area (TPSA) is 110 Å². The summed E-state index contributed by atoms with van der Waals surface area (Å²) in [6.45, 7) is 5.73. The number of rotatable bonds is 5. The summed E-state index contributed by atoms with van der Waals surface area (Å²) in [5, 5.41) is 8.13. The fraction of sp³-hybridized carbons (Fsp3) is 0.412. The molecule has 1 fully saturated rings. The van der Waals surface area contributed by atoms with Crippen molar-refractivity contribution < 1.29 is 12.9 Å². The second-order valence-electron chi connectivity index (χ2n) is 6.71. The van der Waals surface area contributed by atoms with Crippen LogP contribution in [0.1, 0.15) is 17.1 Å². The molecule has 0 N–H and O–H groups in total. The van der Waals surface area contributed by atoms with Crippen molar-refractivity contribution in [1.29, 1.82) is 0 Å². The van der Waals surface area contributed by atoms with Gasteiger partial charge in [0.05, 0.1) is 23.8 Å². The van der Waals surface area contributed by atoms with Gasteiger partial charge in [0.1, 0.15) is 17.8 Å². The maximum atomic E-state index is 12.6. The number of nitrogens with zero attached hydrogens (tertiary/aromatic N) is 7. The van der Waals surface area contributed by atoms with Crippen molar-refractivity contribution in [3.8, 4) is 5.82 Å². The maximum Gasteiger partial charge on any atom is 0.220 e. The number of hydrogen-bond donors (Lipinski definition) is 0. The Labute approximate surface area is 162 Å². The van der Waals surface area contributed by atoms with Crippen LogP contribution in [-0.2, 0) is 15.8 Å². The largest absolute Gasteiger partial charge is 0.364 e. The van der Waals surface area contributed by atoms with Crippen LogP contribution in [0.4, 0.5) is 5.82 Å². The highest BCUT2D eigenvalue weighted by atomic mass is 32.2. The fourth-order valence-electron chi connectivity index (χ4n) is 3.25. The Balaban J connectivity index is 1.45. The van der Waals surface area contributed by atoms with Gasteiger partial charge in [0.15, 0.2) is 5.82 Å². The van der Waals surface area contributed by atoms with Crippen molar-refractivity contribution in [2.75, 3.05) is 31.1 Å². The van der Waals surface area contributed by atoms with Gasteiger partial charge in [-0.1, -0.05) is 5.16 Å². The number of aryl methyl sites for hydroxylation is 2. The molecule has 4 rings (SSSR count). The zero-order chi connectivity index (χ0) is 19.7. The van der Waals surface area contributed by atoms with Crippen molar-refractivity contribution >= 4 is 15.8 Å². The first-order valence-electron chi connectivity index (χ1n) is 8.90. The van der Waals surface area contributed by atoms with E-state index in [-0.39, 0.29) is 5.75 Å². The number of anilines is 1. The first kappa shape index (κ1) is 18.6. The number of sulfonamides is 1. The van der Waals surface area contributed by atoms with Crippen molar-refractivity contribution in [2.45, 2.75) is 19.6 Å². The molecule has 1 saturated heterocycles. The van der Waals surface area contributed by atoms with Gasteiger partial charge < -0.3 is 9.42 Å². The molecule has 148 valence electrons. The van der Waals surface area contributed by atoms with Crippen LogP contribution in [0.3, 0.4) is 0 Å². The minimum Gasteiger partial charge on any atom is -0.364 e. The zero-order valence-corrected chi connectivity index (χ0v) is 16.5. The third-order valence-corrected chi connectivity index (χ3v) is 6.43. The Hall–Kier alpha value is -2.79. The van der Waals surface area contributed by atoms with E-state index in [0.29, 0.717) is 43.5 Å². The first-order valence-corrected chi connectivity index (χ1v) is 10.5. The van der Waals surface area contributed by atoms with Crippen LogP contribution in [-0.4, -0.2) is 63.8 Å². The minimum atomic E-state index is -3.43. The number of hydrogen-bond acceptors (Lipinski definition) is 8. The lowest BCUT2D eigenvalue weighted by Crippen LogP contribution is -2.49. The highest BCUT2D eigenvalue weighted by molar-refractivity contribution is 7.88. The van der Waals surface area contributed by atoms with Crippen molar-refractivity contribution in [3.05, 3.63) is 47.9 Å². The summed E-state index contributed by atoms with van der Waals surface area (Å²) in [6.07, 6.45) is 4.73. The Kier molecular flexibility index (Phi) is 4.85. The zero-order valence-electron chi connectivity index (χ0n) is 15.7. The molecule has 1 aliphatic heterocycles. The molecule has 4 heterocycles. The van der Waals surface area contributed by atoms with Gasteiger partial charge in [-0.05, 0) is 19.9 Å². The van der Waals surface area contributed by atoms with Crippen molar-refractivity contribution in [2.24, 2.45) is 0 Å². The van der Waals surface area contributed by atoms with Crippen LogP contribution in [0.5, 0.6) is 0 Å². The van der Waals surface area contributed by atoms with E-state index in [1.54, 1.807) is 23.1 Å². The second-order valence-corrected chi connectivity index (χ2v) is 8.68.